The van der Waals surface area contributed by atoms with Gasteiger partial charge in [0.1, 0.15) is 0 Å². The van der Waals surface area contributed by atoms with Crippen LogP contribution in [-0.2, 0) is 16.0 Å². The molecule has 2 aromatic rings. The number of halogens is 3. The number of anilines is 1. The average molecular weight is 418 g/mol. The zero-order valence-corrected chi connectivity index (χ0v) is 15.5. The van der Waals surface area contributed by atoms with Crippen molar-refractivity contribution in [3.63, 3.8) is 0 Å². The van der Waals surface area contributed by atoms with Gasteiger partial charge in [0.2, 0.25) is 5.69 Å². The fraction of sp³-hybridized carbons (Fsp3) is 0.438. The third-order valence-electron chi connectivity index (χ3n) is 4.49. The van der Waals surface area contributed by atoms with Crippen molar-refractivity contribution in [2.45, 2.75) is 25.6 Å². The smallest absolute Gasteiger partial charge is 0.418 e. The summed E-state index contributed by atoms with van der Waals surface area (Å²) in [5.41, 5.74) is -1.97. The number of para-hydroxylation sites is 1. The van der Waals surface area contributed by atoms with Crippen LogP contribution in [0.25, 0.3) is 5.69 Å². The Morgan fingerprint density at radius 1 is 1.32 bits per heavy atom. The van der Waals surface area contributed by atoms with Gasteiger partial charge in [-0.15, -0.1) is 15.0 Å². The van der Waals surface area contributed by atoms with Crippen LogP contribution in [0.1, 0.15) is 29.4 Å². The van der Waals surface area contributed by atoms with Crippen LogP contribution in [0.15, 0.2) is 24.3 Å². The predicted molar refractivity (Wildman–Crippen MR) is 93.4 cm³/mol. The molecular formula is C16H17F3N4O4S. The van der Waals surface area contributed by atoms with Crippen LogP contribution in [-0.4, -0.2) is 58.6 Å². The van der Waals surface area contributed by atoms with Gasteiger partial charge in [-0.2, -0.15) is 13.2 Å². The third kappa shape index (κ3) is 3.81. The van der Waals surface area contributed by atoms with Gasteiger partial charge in [0.25, 0.3) is 0 Å². The van der Waals surface area contributed by atoms with Crippen molar-refractivity contribution in [3.8, 4) is 5.69 Å². The Hall–Kier alpha value is -2.63. The van der Waals surface area contributed by atoms with E-state index in [2.05, 4.69) is 10.2 Å². The summed E-state index contributed by atoms with van der Waals surface area (Å²) in [6.45, 7) is 1.90. The first-order valence-electron chi connectivity index (χ1n) is 8.38. The minimum absolute atomic E-state index is 0.0401. The Balaban J connectivity index is 2.10. The van der Waals surface area contributed by atoms with Gasteiger partial charge >= 0.3 is 12.1 Å². The summed E-state index contributed by atoms with van der Waals surface area (Å²) in [5.74, 6) is -1.84. The Morgan fingerprint density at radius 3 is 2.54 bits per heavy atom. The fourth-order valence-electron chi connectivity index (χ4n) is 3.23. The number of nitrogens with zero attached hydrogens (tertiary/aromatic N) is 4. The maximum atomic E-state index is 13.3. The van der Waals surface area contributed by atoms with Crippen LogP contribution in [0, 0.1) is 0 Å². The number of aromatic nitrogens is 3. The topological polar surface area (TPSA) is 105 Å². The lowest BCUT2D eigenvalue weighted by atomic mass is 10.2. The highest BCUT2D eigenvalue weighted by Gasteiger charge is 2.37. The van der Waals surface area contributed by atoms with Crippen LogP contribution in [0.4, 0.5) is 19.0 Å². The molecular weight excluding hydrogens is 401 g/mol. The van der Waals surface area contributed by atoms with E-state index in [4.69, 9.17) is 0 Å². The van der Waals surface area contributed by atoms with E-state index in [0.29, 0.717) is 4.80 Å². The SMILES string of the molecule is CCN(c1nn(-c2ccccc2C(F)(F)F)nc1C(=O)O)C1CCS(=O)(=O)C1. The van der Waals surface area contributed by atoms with Crippen LogP contribution >= 0.6 is 0 Å². The second-order valence-electron chi connectivity index (χ2n) is 6.32. The van der Waals surface area contributed by atoms with Crippen LogP contribution in [0.5, 0.6) is 0 Å². The van der Waals surface area contributed by atoms with E-state index >= 15 is 0 Å². The number of carbonyl (C=O) groups is 1. The van der Waals surface area contributed by atoms with Gasteiger partial charge in [0.05, 0.1) is 22.8 Å². The van der Waals surface area contributed by atoms with E-state index in [1.54, 1.807) is 6.92 Å². The number of rotatable bonds is 5. The Morgan fingerprint density at radius 2 is 2.00 bits per heavy atom. The molecule has 0 spiro atoms. The highest BCUT2D eigenvalue weighted by atomic mass is 32.2. The number of carboxylic acid groups (broad SMARTS) is 1. The number of aromatic carboxylic acids is 1. The molecule has 1 saturated heterocycles. The highest BCUT2D eigenvalue weighted by molar-refractivity contribution is 7.91. The number of alkyl halides is 3. The molecule has 1 aliphatic rings. The monoisotopic (exact) mass is 418 g/mol. The Bertz CT molecular complexity index is 1000. The van der Waals surface area contributed by atoms with Crippen LogP contribution in [0.3, 0.4) is 0 Å². The molecule has 1 aromatic heterocycles. The summed E-state index contributed by atoms with van der Waals surface area (Å²) in [5, 5.41) is 17.2. The van der Waals surface area contributed by atoms with Gasteiger partial charge in [-0.25, -0.2) is 13.2 Å². The third-order valence-corrected chi connectivity index (χ3v) is 6.24. The molecule has 0 aliphatic carbocycles. The second-order valence-corrected chi connectivity index (χ2v) is 8.55. The Labute approximate surface area is 158 Å². The average Bonchev–Trinajstić information content (AvgIpc) is 3.19. The number of hydrogen-bond donors (Lipinski definition) is 1. The van der Waals surface area contributed by atoms with Crippen molar-refractivity contribution in [2.24, 2.45) is 0 Å². The molecule has 3 rings (SSSR count). The zero-order chi connectivity index (χ0) is 20.7. The molecule has 0 saturated carbocycles. The van der Waals surface area contributed by atoms with Gasteiger partial charge in [-0.05, 0) is 25.5 Å². The van der Waals surface area contributed by atoms with Crippen LogP contribution in [0.2, 0.25) is 0 Å². The number of benzene rings is 1. The standard InChI is InChI=1S/C16H17F3N4O4S/c1-2-22(10-7-8-28(26,27)9-10)14-13(15(24)25)20-23(21-14)12-6-4-3-5-11(12)16(17,18)19/h3-6,10H,2,7-9H2,1H3,(H,24,25). The molecule has 8 nitrogen and oxygen atoms in total. The van der Waals surface area contributed by atoms with Crippen molar-refractivity contribution in [1.29, 1.82) is 0 Å². The molecule has 12 heteroatoms. The van der Waals surface area contributed by atoms with Gasteiger partial charge in [0, 0.05) is 12.6 Å². The lowest BCUT2D eigenvalue weighted by Gasteiger charge is -2.26. The molecule has 0 bridgehead atoms. The summed E-state index contributed by atoms with van der Waals surface area (Å²) in [6.07, 6.45) is -4.40. The molecule has 0 radical (unpaired) electrons. The minimum atomic E-state index is -4.68. The first-order chi connectivity index (χ1) is 13.0. The van der Waals surface area contributed by atoms with Crippen LogP contribution < -0.4 is 4.90 Å². The molecule has 1 unspecified atom stereocenters. The predicted octanol–water partition coefficient (Wildman–Crippen LogP) is 2.00. The fourth-order valence-corrected chi connectivity index (χ4v) is 4.96. The minimum Gasteiger partial charge on any atom is -0.476 e. The summed E-state index contributed by atoms with van der Waals surface area (Å²) in [6, 6.07) is 4.02. The van der Waals surface area contributed by atoms with E-state index in [-0.39, 0.29) is 30.3 Å². The molecule has 0 amide bonds. The lowest BCUT2D eigenvalue weighted by molar-refractivity contribution is -0.137. The number of hydrogen-bond acceptors (Lipinski definition) is 6. The van der Waals surface area contributed by atoms with Crippen molar-refractivity contribution in [2.75, 3.05) is 23.0 Å². The number of sulfone groups is 1. The first kappa shape index (κ1) is 20.1. The summed E-state index contributed by atoms with van der Waals surface area (Å²) in [7, 11) is -3.26. The summed E-state index contributed by atoms with van der Waals surface area (Å²) in [4.78, 5) is 13.7. The quantitative estimate of drug-likeness (QED) is 0.792. The van der Waals surface area contributed by atoms with Gasteiger partial charge in [-0.3, -0.25) is 0 Å². The van der Waals surface area contributed by atoms with Crippen molar-refractivity contribution < 1.29 is 31.5 Å². The number of carboxylic acids is 1. The Kier molecular flexibility index (Phi) is 5.08. The van der Waals surface area contributed by atoms with Gasteiger partial charge in [0.15, 0.2) is 15.7 Å². The van der Waals surface area contributed by atoms with E-state index < -0.39 is 45.0 Å². The maximum absolute atomic E-state index is 13.3. The maximum Gasteiger partial charge on any atom is 0.418 e. The van der Waals surface area contributed by atoms with Gasteiger partial charge < -0.3 is 10.0 Å². The molecule has 1 aromatic carbocycles. The summed E-state index contributed by atoms with van der Waals surface area (Å²) < 4.78 is 63.4. The van der Waals surface area contributed by atoms with Crippen molar-refractivity contribution in [3.05, 3.63) is 35.5 Å². The molecule has 1 N–H and O–H groups in total. The van der Waals surface area contributed by atoms with Crippen molar-refractivity contribution >= 4 is 21.6 Å². The lowest BCUT2D eigenvalue weighted by Crippen LogP contribution is -2.37. The summed E-state index contributed by atoms with van der Waals surface area (Å²) >= 11 is 0. The molecule has 1 aliphatic heterocycles. The first-order valence-corrected chi connectivity index (χ1v) is 10.2. The molecule has 28 heavy (non-hydrogen) atoms. The highest BCUT2D eigenvalue weighted by Crippen LogP contribution is 2.34. The van der Waals surface area contributed by atoms with Gasteiger partial charge in [-0.1, -0.05) is 12.1 Å². The normalized spacial score (nSPS) is 18.9. The van der Waals surface area contributed by atoms with E-state index in [0.717, 1.165) is 12.1 Å². The largest absolute Gasteiger partial charge is 0.476 e. The van der Waals surface area contributed by atoms with Crippen molar-refractivity contribution in [1.82, 2.24) is 15.0 Å². The molecule has 1 fully saturated rings. The van der Waals surface area contributed by atoms with E-state index in [1.807, 2.05) is 0 Å². The van der Waals surface area contributed by atoms with E-state index in [9.17, 15) is 31.5 Å². The van der Waals surface area contributed by atoms with E-state index in [1.165, 1.54) is 17.0 Å². The molecule has 1 atom stereocenters. The molecule has 152 valence electrons. The molecule has 2 heterocycles. The zero-order valence-electron chi connectivity index (χ0n) is 14.7. The second kappa shape index (κ2) is 7.08.